The SMILES string of the molecule is O=C(NCC1CCN(C(=O)/C=C/c2ccco2)CC1)C(=O)Nc1ccc2c(c1)OCO2. The van der Waals surface area contributed by atoms with Crippen LogP contribution < -0.4 is 20.1 Å². The number of hydrogen-bond donors (Lipinski definition) is 2. The first kappa shape index (κ1) is 20.5. The van der Waals surface area contributed by atoms with Crippen molar-refractivity contribution in [3.8, 4) is 11.5 Å². The Balaban J connectivity index is 1.18. The van der Waals surface area contributed by atoms with E-state index in [1.54, 1.807) is 47.6 Å². The van der Waals surface area contributed by atoms with Gasteiger partial charge in [-0.25, -0.2) is 0 Å². The van der Waals surface area contributed by atoms with Crippen LogP contribution in [0.2, 0.25) is 0 Å². The summed E-state index contributed by atoms with van der Waals surface area (Å²) >= 11 is 0. The van der Waals surface area contributed by atoms with Gasteiger partial charge in [-0.05, 0) is 49.1 Å². The van der Waals surface area contributed by atoms with Gasteiger partial charge in [0.15, 0.2) is 11.5 Å². The molecular formula is C22H23N3O6. The van der Waals surface area contributed by atoms with Crippen LogP contribution in [0.5, 0.6) is 11.5 Å². The summed E-state index contributed by atoms with van der Waals surface area (Å²) < 4.78 is 15.7. The normalized spacial score (nSPS) is 15.8. The van der Waals surface area contributed by atoms with Gasteiger partial charge in [0.25, 0.3) is 0 Å². The summed E-state index contributed by atoms with van der Waals surface area (Å²) in [5, 5.41) is 5.23. The smallest absolute Gasteiger partial charge is 0.313 e. The fourth-order valence-corrected chi connectivity index (χ4v) is 3.48. The number of anilines is 1. The van der Waals surface area contributed by atoms with Crippen molar-refractivity contribution in [2.45, 2.75) is 12.8 Å². The topological polar surface area (TPSA) is 110 Å². The third kappa shape index (κ3) is 5.25. The first-order valence-corrected chi connectivity index (χ1v) is 10.1. The van der Waals surface area contributed by atoms with Crippen molar-refractivity contribution >= 4 is 29.5 Å². The van der Waals surface area contributed by atoms with Gasteiger partial charge in [-0.1, -0.05) is 0 Å². The highest BCUT2D eigenvalue weighted by Gasteiger charge is 2.23. The number of amides is 3. The summed E-state index contributed by atoms with van der Waals surface area (Å²) in [6.07, 6.45) is 6.21. The Bertz CT molecular complexity index is 977. The summed E-state index contributed by atoms with van der Waals surface area (Å²) in [4.78, 5) is 38.3. The molecular weight excluding hydrogens is 402 g/mol. The van der Waals surface area contributed by atoms with Crippen LogP contribution in [0.15, 0.2) is 47.1 Å². The highest BCUT2D eigenvalue weighted by Crippen LogP contribution is 2.34. The summed E-state index contributed by atoms with van der Waals surface area (Å²) in [7, 11) is 0. The molecule has 0 spiro atoms. The van der Waals surface area contributed by atoms with Crippen LogP contribution in [0.4, 0.5) is 5.69 Å². The molecule has 9 nitrogen and oxygen atoms in total. The molecule has 1 fully saturated rings. The Kier molecular flexibility index (Phi) is 6.21. The Morgan fingerprint density at radius 1 is 1.06 bits per heavy atom. The van der Waals surface area contributed by atoms with Gasteiger partial charge in [0.2, 0.25) is 12.7 Å². The largest absolute Gasteiger partial charge is 0.465 e. The number of carbonyl (C=O) groups excluding carboxylic acids is 3. The van der Waals surface area contributed by atoms with E-state index in [-0.39, 0.29) is 18.6 Å². The van der Waals surface area contributed by atoms with Crippen LogP contribution in [0.25, 0.3) is 6.08 Å². The number of furan rings is 1. The number of ether oxygens (including phenoxy) is 2. The van der Waals surface area contributed by atoms with Crippen molar-refractivity contribution in [3.63, 3.8) is 0 Å². The molecule has 1 aromatic heterocycles. The Morgan fingerprint density at radius 2 is 1.87 bits per heavy atom. The summed E-state index contributed by atoms with van der Waals surface area (Å²) in [5.41, 5.74) is 0.457. The Labute approximate surface area is 179 Å². The highest BCUT2D eigenvalue weighted by atomic mass is 16.7. The molecule has 0 aliphatic carbocycles. The second-order valence-electron chi connectivity index (χ2n) is 7.35. The van der Waals surface area contributed by atoms with E-state index < -0.39 is 11.8 Å². The lowest BCUT2D eigenvalue weighted by atomic mass is 9.96. The number of piperidine rings is 1. The maximum absolute atomic E-state index is 12.3. The number of nitrogens with zero attached hydrogens (tertiary/aromatic N) is 1. The van der Waals surface area contributed by atoms with Gasteiger partial charge in [-0.3, -0.25) is 14.4 Å². The van der Waals surface area contributed by atoms with Gasteiger partial charge in [0.1, 0.15) is 5.76 Å². The fraction of sp³-hybridized carbons (Fsp3) is 0.318. The molecule has 0 bridgehead atoms. The number of rotatable bonds is 5. The van der Waals surface area contributed by atoms with Crippen LogP contribution in [0, 0.1) is 5.92 Å². The van der Waals surface area contributed by atoms with Crippen molar-refractivity contribution in [3.05, 3.63) is 48.4 Å². The van der Waals surface area contributed by atoms with E-state index in [1.807, 2.05) is 0 Å². The molecule has 2 N–H and O–H groups in total. The van der Waals surface area contributed by atoms with E-state index in [9.17, 15) is 14.4 Å². The number of benzene rings is 1. The fourth-order valence-electron chi connectivity index (χ4n) is 3.48. The molecule has 1 saturated heterocycles. The van der Waals surface area contributed by atoms with E-state index in [1.165, 1.54) is 6.08 Å². The standard InChI is InChI=1S/C22H23N3O6/c26-20(6-4-17-2-1-11-29-17)25-9-7-15(8-10-25)13-23-21(27)22(28)24-16-3-5-18-19(12-16)31-14-30-18/h1-6,11-12,15H,7-10,13-14H2,(H,23,27)(H,24,28)/b6-4+. The van der Waals surface area contributed by atoms with Crippen LogP contribution in [0.3, 0.4) is 0 Å². The number of nitrogens with one attached hydrogen (secondary N) is 2. The van der Waals surface area contributed by atoms with Crippen LogP contribution in [0.1, 0.15) is 18.6 Å². The zero-order valence-electron chi connectivity index (χ0n) is 16.8. The minimum absolute atomic E-state index is 0.0676. The molecule has 9 heteroatoms. The molecule has 2 aliphatic heterocycles. The van der Waals surface area contributed by atoms with Crippen LogP contribution >= 0.6 is 0 Å². The molecule has 31 heavy (non-hydrogen) atoms. The number of likely N-dealkylation sites (tertiary alicyclic amines) is 1. The Morgan fingerprint density at radius 3 is 2.65 bits per heavy atom. The van der Waals surface area contributed by atoms with E-state index in [4.69, 9.17) is 13.9 Å². The first-order chi connectivity index (χ1) is 15.1. The van der Waals surface area contributed by atoms with Gasteiger partial charge in [-0.2, -0.15) is 0 Å². The molecule has 4 rings (SSSR count). The van der Waals surface area contributed by atoms with Gasteiger partial charge < -0.3 is 29.4 Å². The van der Waals surface area contributed by atoms with Crippen molar-refractivity contribution < 1.29 is 28.3 Å². The van der Waals surface area contributed by atoms with Gasteiger partial charge in [0.05, 0.1) is 6.26 Å². The lowest BCUT2D eigenvalue weighted by Gasteiger charge is -2.31. The van der Waals surface area contributed by atoms with Gasteiger partial charge in [0, 0.05) is 37.5 Å². The molecule has 162 valence electrons. The predicted octanol–water partition coefficient (Wildman–Crippen LogP) is 2.01. The maximum atomic E-state index is 12.3. The minimum Gasteiger partial charge on any atom is -0.465 e. The Hall–Kier alpha value is -3.75. The third-order valence-corrected chi connectivity index (χ3v) is 5.25. The first-order valence-electron chi connectivity index (χ1n) is 10.1. The second-order valence-corrected chi connectivity index (χ2v) is 7.35. The van der Waals surface area contributed by atoms with E-state index in [0.29, 0.717) is 42.6 Å². The van der Waals surface area contributed by atoms with Crippen molar-refractivity contribution in [1.29, 1.82) is 0 Å². The molecule has 0 atom stereocenters. The monoisotopic (exact) mass is 425 g/mol. The summed E-state index contributed by atoms with van der Waals surface area (Å²) in [6.45, 7) is 1.73. The lowest BCUT2D eigenvalue weighted by molar-refractivity contribution is -0.136. The third-order valence-electron chi connectivity index (χ3n) is 5.25. The maximum Gasteiger partial charge on any atom is 0.313 e. The summed E-state index contributed by atoms with van der Waals surface area (Å²) in [6, 6.07) is 8.47. The molecule has 3 heterocycles. The molecule has 2 aliphatic rings. The number of fused-ring (bicyclic) bond motifs is 1. The molecule has 2 aromatic rings. The van der Waals surface area contributed by atoms with E-state index in [2.05, 4.69) is 10.6 Å². The molecule has 0 saturated carbocycles. The van der Waals surface area contributed by atoms with E-state index in [0.717, 1.165) is 12.8 Å². The zero-order chi connectivity index (χ0) is 21.6. The predicted molar refractivity (Wildman–Crippen MR) is 111 cm³/mol. The van der Waals surface area contributed by atoms with Crippen LogP contribution in [-0.2, 0) is 14.4 Å². The number of carbonyl (C=O) groups is 3. The lowest BCUT2D eigenvalue weighted by Crippen LogP contribution is -2.43. The van der Waals surface area contributed by atoms with Crippen molar-refractivity contribution in [2.75, 3.05) is 31.7 Å². The minimum atomic E-state index is -0.741. The molecule has 3 amide bonds. The van der Waals surface area contributed by atoms with Gasteiger partial charge >= 0.3 is 11.8 Å². The van der Waals surface area contributed by atoms with Crippen LogP contribution in [-0.4, -0.2) is 49.0 Å². The molecule has 1 aromatic carbocycles. The van der Waals surface area contributed by atoms with Crippen molar-refractivity contribution in [1.82, 2.24) is 10.2 Å². The molecule has 0 radical (unpaired) electrons. The molecule has 0 unspecified atom stereocenters. The zero-order valence-corrected chi connectivity index (χ0v) is 16.8. The van der Waals surface area contributed by atoms with E-state index >= 15 is 0 Å². The van der Waals surface area contributed by atoms with Gasteiger partial charge in [-0.15, -0.1) is 0 Å². The second kappa shape index (κ2) is 9.38. The summed E-state index contributed by atoms with van der Waals surface area (Å²) in [5.74, 6) is 0.460. The number of hydrogen-bond acceptors (Lipinski definition) is 6. The average Bonchev–Trinajstić information content (AvgIpc) is 3.47. The van der Waals surface area contributed by atoms with Crippen molar-refractivity contribution in [2.24, 2.45) is 5.92 Å². The average molecular weight is 425 g/mol. The quantitative estimate of drug-likeness (QED) is 0.560. The highest BCUT2D eigenvalue weighted by molar-refractivity contribution is 6.39.